The molecule has 1 nitrogen and oxygen atoms in total. The van der Waals surface area contributed by atoms with Crippen molar-refractivity contribution < 1.29 is 0 Å². The second kappa shape index (κ2) is 2.88. The molecular formula is C13H15N. The standard InChI is InChI=1S/C13H15N/c1-2-9-4-3-5-11-8-12(10-6-7-10)14-13(9)11/h3-5,8,10,14H,2,6-7H2,1H3. The van der Waals surface area contributed by atoms with Crippen LogP contribution in [0, 0.1) is 0 Å². The topological polar surface area (TPSA) is 15.8 Å². The number of aromatic amines is 1. The molecule has 1 fully saturated rings. The van der Waals surface area contributed by atoms with Gasteiger partial charge < -0.3 is 4.98 Å². The van der Waals surface area contributed by atoms with Gasteiger partial charge in [0.25, 0.3) is 0 Å². The maximum atomic E-state index is 3.58. The van der Waals surface area contributed by atoms with Crippen LogP contribution in [0.25, 0.3) is 10.9 Å². The molecule has 1 heteroatoms. The second-order valence-electron chi connectivity index (χ2n) is 4.23. The van der Waals surface area contributed by atoms with Crippen molar-refractivity contribution in [3.05, 3.63) is 35.5 Å². The number of H-pyrrole nitrogens is 1. The van der Waals surface area contributed by atoms with Crippen molar-refractivity contribution in [2.24, 2.45) is 0 Å². The van der Waals surface area contributed by atoms with E-state index in [4.69, 9.17) is 0 Å². The fraction of sp³-hybridized carbons (Fsp3) is 0.385. The number of rotatable bonds is 2. The highest BCUT2D eigenvalue weighted by Crippen LogP contribution is 2.40. The molecule has 0 spiro atoms. The van der Waals surface area contributed by atoms with Crippen molar-refractivity contribution in [3.8, 4) is 0 Å². The molecule has 1 N–H and O–H groups in total. The van der Waals surface area contributed by atoms with Gasteiger partial charge in [0, 0.05) is 11.2 Å². The van der Waals surface area contributed by atoms with E-state index < -0.39 is 0 Å². The number of hydrogen-bond acceptors (Lipinski definition) is 0. The molecule has 1 aromatic carbocycles. The number of aromatic nitrogens is 1. The Hall–Kier alpha value is -1.24. The lowest BCUT2D eigenvalue weighted by molar-refractivity contribution is 1.05. The van der Waals surface area contributed by atoms with Crippen LogP contribution < -0.4 is 0 Å². The number of aryl methyl sites for hydroxylation is 1. The number of nitrogens with one attached hydrogen (secondary N) is 1. The lowest BCUT2D eigenvalue weighted by atomic mass is 10.1. The molecule has 1 aliphatic carbocycles. The maximum absolute atomic E-state index is 3.58. The van der Waals surface area contributed by atoms with Crippen molar-refractivity contribution in [1.29, 1.82) is 0 Å². The molecule has 14 heavy (non-hydrogen) atoms. The zero-order chi connectivity index (χ0) is 9.54. The normalized spacial score (nSPS) is 16.4. The summed E-state index contributed by atoms with van der Waals surface area (Å²) in [7, 11) is 0. The van der Waals surface area contributed by atoms with Gasteiger partial charge in [0.2, 0.25) is 0 Å². The van der Waals surface area contributed by atoms with Crippen LogP contribution in [0.2, 0.25) is 0 Å². The summed E-state index contributed by atoms with van der Waals surface area (Å²) in [6.07, 6.45) is 3.85. The fourth-order valence-corrected chi connectivity index (χ4v) is 2.15. The van der Waals surface area contributed by atoms with E-state index in [9.17, 15) is 0 Å². The first-order valence-electron chi connectivity index (χ1n) is 5.49. The first-order valence-corrected chi connectivity index (χ1v) is 5.49. The molecule has 1 heterocycles. The van der Waals surface area contributed by atoms with E-state index in [1.165, 1.54) is 35.0 Å². The van der Waals surface area contributed by atoms with Gasteiger partial charge in [-0.25, -0.2) is 0 Å². The highest BCUT2D eigenvalue weighted by atomic mass is 14.7. The quantitative estimate of drug-likeness (QED) is 0.735. The number of hydrogen-bond donors (Lipinski definition) is 1. The Morgan fingerprint density at radius 3 is 2.93 bits per heavy atom. The van der Waals surface area contributed by atoms with Gasteiger partial charge in [0.05, 0.1) is 0 Å². The minimum atomic E-state index is 0.826. The highest BCUT2D eigenvalue weighted by molar-refractivity contribution is 5.83. The first-order chi connectivity index (χ1) is 6.88. The van der Waals surface area contributed by atoms with Crippen LogP contribution in [0.5, 0.6) is 0 Å². The van der Waals surface area contributed by atoms with Crippen LogP contribution in [0.4, 0.5) is 0 Å². The number of fused-ring (bicyclic) bond motifs is 1. The van der Waals surface area contributed by atoms with Crippen molar-refractivity contribution in [2.75, 3.05) is 0 Å². The van der Waals surface area contributed by atoms with E-state index in [-0.39, 0.29) is 0 Å². The van der Waals surface area contributed by atoms with E-state index in [1.807, 2.05) is 0 Å². The van der Waals surface area contributed by atoms with Crippen molar-refractivity contribution >= 4 is 10.9 Å². The molecule has 0 unspecified atom stereocenters. The van der Waals surface area contributed by atoms with E-state index in [1.54, 1.807) is 0 Å². The molecule has 0 aliphatic heterocycles. The Balaban J connectivity index is 2.20. The summed E-state index contributed by atoms with van der Waals surface area (Å²) in [5, 5.41) is 1.38. The van der Waals surface area contributed by atoms with E-state index in [0.29, 0.717) is 0 Å². The van der Waals surface area contributed by atoms with Gasteiger partial charge in [0.15, 0.2) is 0 Å². The Labute approximate surface area is 84.1 Å². The van der Waals surface area contributed by atoms with Gasteiger partial charge in [0.1, 0.15) is 0 Å². The summed E-state index contributed by atoms with van der Waals surface area (Å²) < 4.78 is 0. The Morgan fingerprint density at radius 1 is 1.36 bits per heavy atom. The van der Waals surface area contributed by atoms with Crippen LogP contribution in [0.3, 0.4) is 0 Å². The molecule has 0 atom stereocenters. The third-order valence-electron chi connectivity index (χ3n) is 3.16. The second-order valence-corrected chi connectivity index (χ2v) is 4.23. The molecule has 0 saturated heterocycles. The lowest BCUT2D eigenvalue weighted by Crippen LogP contribution is -1.82. The minimum Gasteiger partial charge on any atom is -0.358 e. The van der Waals surface area contributed by atoms with Crippen LogP contribution in [0.1, 0.15) is 36.9 Å². The summed E-state index contributed by atoms with van der Waals surface area (Å²) in [4.78, 5) is 3.58. The highest BCUT2D eigenvalue weighted by Gasteiger charge is 2.25. The molecule has 72 valence electrons. The maximum Gasteiger partial charge on any atom is 0.0488 e. The predicted molar refractivity (Wildman–Crippen MR) is 59.7 cm³/mol. The largest absolute Gasteiger partial charge is 0.358 e. The number of benzene rings is 1. The van der Waals surface area contributed by atoms with Gasteiger partial charge in [-0.05, 0) is 42.2 Å². The predicted octanol–water partition coefficient (Wildman–Crippen LogP) is 3.61. The van der Waals surface area contributed by atoms with Crippen molar-refractivity contribution in [3.63, 3.8) is 0 Å². The third-order valence-corrected chi connectivity index (χ3v) is 3.16. The third kappa shape index (κ3) is 1.16. The van der Waals surface area contributed by atoms with Crippen molar-refractivity contribution in [2.45, 2.75) is 32.1 Å². The summed E-state index contributed by atoms with van der Waals surface area (Å²) in [6, 6.07) is 8.91. The van der Waals surface area contributed by atoms with Gasteiger partial charge in [-0.1, -0.05) is 25.1 Å². The molecule has 1 saturated carbocycles. The van der Waals surface area contributed by atoms with Crippen LogP contribution in [0.15, 0.2) is 24.3 Å². The molecular weight excluding hydrogens is 170 g/mol. The van der Waals surface area contributed by atoms with E-state index >= 15 is 0 Å². The Kier molecular flexibility index (Phi) is 1.66. The Morgan fingerprint density at radius 2 is 2.21 bits per heavy atom. The summed E-state index contributed by atoms with van der Waals surface area (Å²) in [5.74, 6) is 0.826. The van der Waals surface area contributed by atoms with Crippen LogP contribution in [-0.4, -0.2) is 4.98 Å². The molecule has 1 aromatic heterocycles. The molecule has 0 bridgehead atoms. The van der Waals surface area contributed by atoms with E-state index in [0.717, 1.165) is 12.3 Å². The summed E-state index contributed by atoms with van der Waals surface area (Å²) >= 11 is 0. The summed E-state index contributed by atoms with van der Waals surface area (Å²) in [5.41, 5.74) is 4.24. The van der Waals surface area contributed by atoms with Gasteiger partial charge in [-0.3, -0.25) is 0 Å². The molecule has 0 radical (unpaired) electrons. The van der Waals surface area contributed by atoms with Gasteiger partial charge in [-0.2, -0.15) is 0 Å². The van der Waals surface area contributed by atoms with Gasteiger partial charge >= 0.3 is 0 Å². The number of para-hydroxylation sites is 1. The molecule has 1 aliphatic rings. The zero-order valence-corrected chi connectivity index (χ0v) is 8.51. The Bertz CT molecular complexity index is 463. The van der Waals surface area contributed by atoms with Crippen LogP contribution in [-0.2, 0) is 6.42 Å². The average Bonchev–Trinajstić information content (AvgIpc) is 2.97. The average molecular weight is 185 g/mol. The first kappa shape index (κ1) is 8.10. The monoisotopic (exact) mass is 185 g/mol. The van der Waals surface area contributed by atoms with Gasteiger partial charge in [-0.15, -0.1) is 0 Å². The minimum absolute atomic E-state index is 0.826. The SMILES string of the molecule is CCc1cccc2cc(C3CC3)[nH]c12. The molecule has 2 aromatic rings. The molecule has 3 rings (SSSR count). The summed E-state index contributed by atoms with van der Waals surface area (Å²) in [6.45, 7) is 2.21. The van der Waals surface area contributed by atoms with E-state index in [2.05, 4.69) is 36.2 Å². The smallest absolute Gasteiger partial charge is 0.0488 e. The van der Waals surface area contributed by atoms with Crippen LogP contribution >= 0.6 is 0 Å². The fourth-order valence-electron chi connectivity index (χ4n) is 2.15. The van der Waals surface area contributed by atoms with Crippen molar-refractivity contribution in [1.82, 2.24) is 4.98 Å². The lowest BCUT2D eigenvalue weighted by Gasteiger charge is -1.97. The zero-order valence-electron chi connectivity index (χ0n) is 8.51. The molecule has 0 amide bonds.